The Labute approximate surface area is 129 Å². The van der Waals surface area contributed by atoms with Crippen molar-refractivity contribution in [3.8, 4) is 0 Å². The molecular weight excluding hydrogens is 284 g/mol. The van der Waals surface area contributed by atoms with Crippen molar-refractivity contribution in [1.29, 1.82) is 0 Å². The van der Waals surface area contributed by atoms with E-state index in [-0.39, 0.29) is 17.6 Å². The number of amides is 1. The van der Waals surface area contributed by atoms with E-state index in [4.69, 9.17) is 4.74 Å². The Morgan fingerprint density at radius 3 is 2.55 bits per heavy atom. The van der Waals surface area contributed by atoms with Crippen molar-refractivity contribution in [3.63, 3.8) is 0 Å². The number of nitrogens with zero attached hydrogens (tertiary/aromatic N) is 2. The summed E-state index contributed by atoms with van der Waals surface area (Å²) in [4.78, 5) is 23.6. The van der Waals surface area contributed by atoms with Gasteiger partial charge in [0.05, 0.1) is 12.0 Å². The van der Waals surface area contributed by atoms with Crippen LogP contribution < -0.4 is 10.6 Å². The van der Waals surface area contributed by atoms with E-state index in [9.17, 15) is 9.59 Å². The highest BCUT2D eigenvalue weighted by Gasteiger charge is 2.42. The second-order valence-electron chi connectivity index (χ2n) is 5.44. The third-order valence-corrected chi connectivity index (χ3v) is 4.00. The molecule has 0 aromatic carbocycles. The van der Waals surface area contributed by atoms with Crippen molar-refractivity contribution in [3.05, 3.63) is 17.8 Å². The largest absolute Gasteiger partial charge is 0.466 e. The number of carbonyl (C=O) groups excluding carboxylic acids is 2. The van der Waals surface area contributed by atoms with E-state index in [1.807, 2.05) is 6.92 Å². The lowest BCUT2D eigenvalue weighted by Crippen LogP contribution is -2.37. The summed E-state index contributed by atoms with van der Waals surface area (Å²) in [5, 5.41) is 13.5. The van der Waals surface area contributed by atoms with Crippen molar-refractivity contribution >= 4 is 17.7 Å². The zero-order valence-corrected chi connectivity index (χ0v) is 13.0. The fourth-order valence-electron chi connectivity index (χ4n) is 2.72. The topological polar surface area (TPSA) is 93.2 Å². The molecule has 0 aliphatic heterocycles. The normalized spacial score (nSPS) is 16.1. The summed E-state index contributed by atoms with van der Waals surface area (Å²) in [6, 6.07) is 3.28. The molecule has 0 bridgehead atoms. The number of hydrogen-bond acceptors (Lipinski definition) is 6. The standard InChI is InChI=1S/C15H22N4O3/c1-3-22-14(21)15(8-4-5-9-15)10-17-12-7-6-11(18-19-12)13(20)16-2/h6-7H,3-5,8-10H2,1-2H3,(H,16,20)(H,17,19). The second-order valence-corrected chi connectivity index (χ2v) is 5.44. The summed E-state index contributed by atoms with van der Waals surface area (Å²) in [5.41, 5.74) is -0.217. The fourth-order valence-corrected chi connectivity index (χ4v) is 2.72. The Morgan fingerprint density at radius 2 is 2.00 bits per heavy atom. The van der Waals surface area contributed by atoms with Gasteiger partial charge in [-0.1, -0.05) is 12.8 Å². The maximum Gasteiger partial charge on any atom is 0.313 e. The number of nitrogens with one attached hydrogen (secondary N) is 2. The zero-order chi connectivity index (χ0) is 16.0. The number of hydrogen-bond donors (Lipinski definition) is 2. The molecular formula is C15H22N4O3. The Balaban J connectivity index is 2.00. The van der Waals surface area contributed by atoms with Crippen LogP contribution in [0.15, 0.2) is 12.1 Å². The molecule has 7 nitrogen and oxygen atoms in total. The number of rotatable bonds is 6. The maximum absolute atomic E-state index is 12.2. The van der Waals surface area contributed by atoms with Gasteiger partial charge in [-0.25, -0.2) is 0 Å². The molecule has 1 aromatic rings. The Hall–Kier alpha value is -2.18. The highest BCUT2D eigenvalue weighted by molar-refractivity contribution is 5.91. The summed E-state index contributed by atoms with van der Waals surface area (Å²) in [6.07, 6.45) is 3.70. The van der Waals surface area contributed by atoms with E-state index in [2.05, 4.69) is 20.8 Å². The van der Waals surface area contributed by atoms with Crippen molar-refractivity contribution in [1.82, 2.24) is 15.5 Å². The fraction of sp³-hybridized carbons (Fsp3) is 0.600. The molecule has 1 saturated carbocycles. The van der Waals surface area contributed by atoms with E-state index in [1.165, 1.54) is 0 Å². The first-order chi connectivity index (χ1) is 10.6. The van der Waals surface area contributed by atoms with Gasteiger partial charge in [0, 0.05) is 13.6 Å². The van der Waals surface area contributed by atoms with Crippen molar-refractivity contribution in [2.45, 2.75) is 32.6 Å². The number of carbonyl (C=O) groups is 2. The predicted molar refractivity (Wildman–Crippen MR) is 81.4 cm³/mol. The van der Waals surface area contributed by atoms with Crippen molar-refractivity contribution in [2.24, 2.45) is 5.41 Å². The molecule has 1 heterocycles. The van der Waals surface area contributed by atoms with Crippen molar-refractivity contribution in [2.75, 3.05) is 25.5 Å². The molecule has 7 heteroatoms. The second kappa shape index (κ2) is 7.20. The van der Waals surface area contributed by atoms with Crippen LogP contribution in [0.5, 0.6) is 0 Å². The van der Waals surface area contributed by atoms with Gasteiger partial charge in [0.15, 0.2) is 5.69 Å². The summed E-state index contributed by atoms with van der Waals surface area (Å²) >= 11 is 0. The van der Waals surface area contributed by atoms with Gasteiger partial charge in [-0.2, -0.15) is 0 Å². The van der Waals surface area contributed by atoms with Crippen LogP contribution in [0.4, 0.5) is 5.82 Å². The summed E-state index contributed by atoms with van der Waals surface area (Å²) in [5.74, 6) is 0.121. The van der Waals surface area contributed by atoms with Crippen LogP contribution >= 0.6 is 0 Å². The van der Waals surface area contributed by atoms with Crippen LogP contribution in [-0.4, -0.2) is 42.3 Å². The monoisotopic (exact) mass is 306 g/mol. The first kappa shape index (κ1) is 16.2. The molecule has 1 aliphatic carbocycles. The van der Waals surface area contributed by atoms with Crippen LogP contribution in [0.2, 0.25) is 0 Å². The van der Waals surface area contributed by atoms with E-state index in [0.29, 0.717) is 19.0 Å². The van der Waals surface area contributed by atoms with Gasteiger partial charge < -0.3 is 15.4 Å². The molecule has 0 unspecified atom stereocenters. The average Bonchev–Trinajstić information content (AvgIpc) is 3.03. The molecule has 0 saturated heterocycles. The molecule has 22 heavy (non-hydrogen) atoms. The third-order valence-electron chi connectivity index (χ3n) is 4.00. The highest BCUT2D eigenvalue weighted by Crippen LogP contribution is 2.39. The van der Waals surface area contributed by atoms with Crippen LogP contribution in [-0.2, 0) is 9.53 Å². The number of ether oxygens (including phenoxy) is 1. The summed E-state index contributed by atoms with van der Waals surface area (Å²) in [6.45, 7) is 2.68. The van der Waals surface area contributed by atoms with E-state index >= 15 is 0 Å². The van der Waals surface area contributed by atoms with Gasteiger partial charge in [0.2, 0.25) is 0 Å². The van der Waals surface area contributed by atoms with Gasteiger partial charge in [0.25, 0.3) is 5.91 Å². The maximum atomic E-state index is 12.2. The molecule has 1 aromatic heterocycles. The average molecular weight is 306 g/mol. The lowest BCUT2D eigenvalue weighted by atomic mass is 9.86. The minimum Gasteiger partial charge on any atom is -0.466 e. The molecule has 120 valence electrons. The van der Waals surface area contributed by atoms with E-state index in [1.54, 1.807) is 19.2 Å². The quantitative estimate of drug-likeness (QED) is 0.771. The van der Waals surface area contributed by atoms with Crippen LogP contribution in [0, 0.1) is 5.41 Å². The van der Waals surface area contributed by atoms with Crippen LogP contribution in [0.1, 0.15) is 43.1 Å². The summed E-state index contributed by atoms with van der Waals surface area (Å²) < 4.78 is 5.21. The zero-order valence-electron chi connectivity index (χ0n) is 13.0. The Morgan fingerprint density at radius 1 is 1.27 bits per heavy atom. The minimum atomic E-state index is -0.475. The van der Waals surface area contributed by atoms with E-state index in [0.717, 1.165) is 25.7 Å². The number of aromatic nitrogens is 2. The molecule has 2 N–H and O–H groups in total. The molecule has 1 fully saturated rings. The first-order valence-electron chi connectivity index (χ1n) is 7.58. The number of anilines is 1. The number of esters is 1. The van der Waals surface area contributed by atoms with Crippen molar-refractivity contribution < 1.29 is 14.3 Å². The molecule has 1 amide bonds. The molecule has 0 radical (unpaired) electrons. The van der Waals surface area contributed by atoms with Crippen LogP contribution in [0.3, 0.4) is 0 Å². The molecule has 0 atom stereocenters. The minimum absolute atomic E-state index is 0.144. The Kier molecular flexibility index (Phi) is 5.30. The van der Waals surface area contributed by atoms with Gasteiger partial charge in [0.1, 0.15) is 5.82 Å². The first-order valence-corrected chi connectivity index (χ1v) is 7.58. The van der Waals surface area contributed by atoms with Gasteiger partial charge in [-0.05, 0) is 31.9 Å². The molecule has 2 rings (SSSR count). The predicted octanol–water partition coefficient (Wildman–Crippen LogP) is 1.37. The molecule has 0 spiro atoms. The van der Waals surface area contributed by atoms with Crippen LogP contribution in [0.25, 0.3) is 0 Å². The molecule has 1 aliphatic rings. The van der Waals surface area contributed by atoms with E-state index < -0.39 is 5.41 Å². The smallest absolute Gasteiger partial charge is 0.313 e. The van der Waals surface area contributed by atoms with Gasteiger partial charge in [-0.15, -0.1) is 10.2 Å². The lowest BCUT2D eigenvalue weighted by Gasteiger charge is -2.26. The summed E-state index contributed by atoms with van der Waals surface area (Å²) in [7, 11) is 1.54. The SMILES string of the molecule is CCOC(=O)C1(CNc2ccc(C(=O)NC)nn2)CCCC1. The lowest BCUT2D eigenvalue weighted by molar-refractivity contribution is -0.154. The third kappa shape index (κ3) is 3.52. The van der Waals surface area contributed by atoms with Gasteiger partial charge in [-0.3, -0.25) is 9.59 Å². The Bertz CT molecular complexity index is 524. The van der Waals surface area contributed by atoms with Gasteiger partial charge >= 0.3 is 5.97 Å². The highest BCUT2D eigenvalue weighted by atomic mass is 16.5.